The van der Waals surface area contributed by atoms with Crippen molar-refractivity contribution in [3.8, 4) is 0 Å². The average molecular weight is 239 g/mol. The van der Waals surface area contributed by atoms with Crippen molar-refractivity contribution in [2.75, 3.05) is 13.1 Å². The zero-order valence-electron chi connectivity index (χ0n) is 9.86. The molecule has 6 nitrogen and oxygen atoms in total. The van der Waals surface area contributed by atoms with Crippen LogP contribution in [0, 0.1) is 0 Å². The Kier molecular flexibility index (Phi) is 3.42. The van der Waals surface area contributed by atoms with E-state index in [-0.39, 0.29) is 30.2 Å². The maximum atomic E-state index is 11.4. The number of hydrogen-bond acceptors (Lipinski definition) is 4. The lowest BCUT2D eigenvalue weighted by atomic mass is 10.2. The predicted octanol–water partition coefficient (Wildman–Crippen LogP) is -0.998. The van der Waals surface area contributed by atoms with E-state index in [1.165, 1.54) is 0 Å². The number of hydrogen-bond donors (Lipinski definition) is 2. The Hall–Kier alpha value is -1.43. The van der Waals surface area contributed by atoms with Crippen LogP contribution in [-0.4, -0.2) is 47.8 Å². The van der Waals surface area contributed by atoms with Crippen LogP contribution >= 0.6 is 0 Å². The summed E-state index contributed by atoms with van der Waals surface area (Å²) in [6.07, 6.45) is 1.72. The molecule has 2 heterocycles. The molecule has 0 spiro atoms. The molecule has 0 radical (unpaired) electrons. The lowest BCUT2D eigenvalue weighted by molar-refractivity contribution is -0.128. The van der Waals surface area contributed by atoms with Crippen LogP contribution in [0.4, 0.5) is 0 Å². The largest absolute Gasteiger partial charge is 0.341 e. The maximum Gasteiger partial charge on any atom is 0.244 e. The molecule has 0 aliphatic carbocycles. The minimum Gasteiger partial charge on any atom is -0.341 e. The van der Waals surface area contributed by atoms with Gasteiger partial charge in [-0.25, -0.2) is 0 Å². The van der Waals surface area contributed by atoms with Crippen molar-refractivity contribution >= 4 is 17.7 Å². The van der Waals surface area contributed by atoms with Gasteiger partial charge in [0.25, 0.3) is 0 Å². The van der Waals surface area contributed by atoms with Gasteiger partial charge in [-0.15, -0.1) is 0 Å². The fraction of sp³-hybridized carbons (Fsp3) is 0.727. The lowest BCUT2D eigenvalue weighted by Gasteiger charge is -2.23. The molecule has 2 aliphatic rings. The van der Waals surface area contributed by atoms with Gasteiger partial charge in [-0.1, -0.05) is 0 Å². The zero-order chi connectivity index (χ0) is 12.4. The summed E-state index contributed by atoms with van der Waals surface area (Å²) in [5, 5.41) is 5.33. The van der Waals surface area contributed by atoms with Crippen LogP contribution in [-0.2, 0) is 14.4 Å². The van der Waals surface area contributed by atoms with Gasteiger partial charge in [-0.3, -0.25) is 19.7 Å². The maximum absolute atomic E-state index is 11.4. The lowest BCUT2D eigenvalue weighted by Crippen LogP contribution is -2.46. The topological polar surface area (TPSA) is 78.5 Å². The van der Waals surface area contributed by atoms with Crippen LogP contribution in [0.2, 0.25) is 0 Å². The molecule has 0 aromatic heterocycles. The molecule has 2 aliphatic heterocycles. The number of likely N-dealkylation sites (tertiary alicyclic amines) is 1. The second-order valence-electron chi connectivity index (χ2n) is 4.68. The highest BCUT2D eigenvalue weighted by Gasteiger charge is 2.32. The second kappa shape index (κ2) is 4.83. The minimum absolute atomic E-state index is 0.0127. The van der Waals surface area contributed by atoms with Gasteiger partial charge in [0, 0.05) is 25.6 Å². The van der Waals surface area contributed by atoms with Crippen LogP contribution in [0.15, 0.2) is 0 Å². The number of nitrogens with zero attached hydrogens (tertiary/aromatic N) is 1. The Morgan fingerprint density at radius 3 is 2.76 bits per heavy atom. The smallest absolute Gasteiger partial charge is 0.244 e. The number of carbonyl (C=O) groups excluding carboxylic acids is 3. The van der Waals surface area contributed by atoms with Crippen molar-refractivity contribution in [1.82, 2.24) is 15.5 Å². The predicted molar refractivity (Wildman–Crippen MR) is 60.0 cm³/mol. The fourth-order valence-corrected chi connectivity index (χ4v) is 2.31. The van der Waals surface area contributed by atoms with Crippen molar-refractivity contribution in [3.63, 3.8) is 0 Å². The second-order valence-corrected chi connectivity index (χ2v) is 4.68. The van der Waals surface area contributed by atoms with Crippen LogP contribution in [0.3, 0.4) is 0 Å². The van der Waals surface area contributed by atoms with Gasteiger partial charge >= 0.3 is 0 Å². The van der Waals surface area contributed by atoms with Gasteiger partial charge in [-0.2, -0.15) is 0 Å². The first-order chi connectivity index (χ1) is 8.06. The van der Waals surface area contributed by atoms with E-state index in [4.69, 9.17) is 0 Å². The van der Waals surface area contributed by atoms with E-state index < -0.39 is 6.04 Å². The van der Waals surface area contributed by atoms with Crippen LogP contribution < -0.4 is 10.6 Å². The molecule has 2 rings (SSSR count). The summed E-state index contributed by atoms with van der Waals surface area (Å²) >= 11 is 0. The monoisotopic (exact) mass is 239 g/mol. The Bertz CT molecular complexity index is 356. The van der Waals surface area contributed by atoms with Crippen LogP contribution in [0.1, 0.15) is 26.2 Å². The molecule has 0 bridgehead atoms. The summed E-state index contributed by atoms with van der Waals surface area (Å²) in [5.74, 6) is -0.336. The number of amides is 3. The van der Waals surface area contributed by atoms with Gasteiger partial charge in [0.2, 0.25) is 17.7 Å². The minimum atomic E-state index is -0.449. The Labute approximate surface area is 99.7 Å². The quantitative estimate of drug-likeness (QED) is 0.617. The van der Waals surface area contributed by atoms with E-state index in [0.29, 0.717) is 13.0 Å². The molecule has 6 heteroatoms. The van der Waals surface area contributed by atoms with E-state index in [0.717, 1.165) is 13.0 Å². The van der Waals surface area contributed by atoms with Crippen molar-refractivity contribution in [2.45, 2.75) is 38.3 Å². The molecule has 2 atom stereocenters. The number of rotatable bonds is 4. The Balaban J connectivity index is 1.81. The average Bonchev–Trinajstić information content (AvgIpc) is 2.75. The van der Waals surface area contributed by atoms with Crippen molar-refractivity contribution in [1.29, 1.82) is 0 Å². The third kappa shape index (κ3) is 2.82. The Morgan fingerprint density at radius 1 is 1.47 bits per heavy atom. The first kappa shape index (κ1) is 12.0. The summed E-state index contributed by atoms with van der Waals surface area (Å²) in [6, 6.07) is -0.436. The molecule has 0 aromatic carbocycles. The van der Waals surface area contributed by atoms with Crippen LogP contribution in [0.25, 0.3) is 0 Å². The van der Waals surface area contributed by atoms with Crippen LogP contribution in [0.5, 0.6) is 0 Å². The van der Waals surface area contributed by atoms with E-state index in [9.17, 15) is 14.4 Å². The Morgan fingerprint density at radius 2 is 2.24 bits per heavy atom. The zero-order valence-corrected chi connectivity index (χ0v) is 9.86. The molecule has 2 fully saturated rings. The molecule has 2 saturated heterocycles. The summed E-state index contributed by atoms with van der Waals surface area (Å²) in [7, 11) is 0. The molecular formula is C11H17N3O3. The van der Waals surface area contributed by atoms with E-state index >= 15 is 0 Å². The summed E-state index contributed by atoms with van der Waals surface area (Å²) in [5.41, 5.74) is 0. The van der Waals surface area contributed by atoms with Gasteiger partial charge in [-0.05, 0) is 13.3 Å². The third-order valence-corrected chi connectivity index (χ3v) is 3.12. The number of imide groups is 1. The SMILES string of the molecule is CC(CN1CCCC1=O)NC1CC(=O)NC1=O. The highest BCUT2D eigenvalue weighted by atomic mass is 16.2. The van der Waals surface area contributed by atoms with E-state index in [1.807, 2.05) is 6.92 Å². The van der Waals surface area contributed by atoms with E-state index in [2.05, 4.69) is 10.6 Å². The molecule has 0 saturated carbocycles. The third-order valence-electron chi connectivity index (χ3n) is 3.12. The van der Waals surface area contributed by atoms with Crippen molar-refractivity contribution in [2.24, 2.45) is 0 Å². The van der Waals surface area contributed by atoms with Crippen molar-refractivity contribution in [3.05, 3.63) is 0 Å². The van der Waals surface area contributed by atoms with Gasteiger partial charge in [0.15, 0.2) is 0 Å². The summed E-state index contributed by atoms with van der Waals surface area (Å²) in [4.78, 5) is 35.6. The standard InChI is InChI=1S/C11H17N3O3/c1-7(6-14-4-2-3-10(14)16)12-8-5-9(15)13-11(8)17/h7-8,12H,2-6H2,1H3,(H,13,15,17). The normalized spacial score (nSPS) is 26.5. The molecule has 2 unspecified atom stereocenters. The molecule has 2 N–H and O–H groups in total. The van der Waals surface area contributed by atoms with Gasteiger partial charge < -0.3 is 10.2 Å². The van der Waals surface area contributed by atoms with Crippen molar-refractivity contribution < 1.29 is 14.4 Å². The van der Waals surface area contributed by atoms with E-state index in [1.54, 1.807) is 4.90 Å². The van der Waals surface area contributed by atoms with Gasteiger partial charge in [0.1, 0.15) is 0 Å². The number of nitrogens with one attached hydrogen (secondary N) is 2. The summed E-state index contributed by atoms with van der Waals surface area (Å²) < 4.78 is 0. The molecule has 0 aromatic rings. The molecule has 94 valence electrons. The molecule has 3 amide bonds. The molecule has 17 heavy (non-hydrogen) atoms. The molecular weight excluding hydrogens is 222 g/mol. The highest BCUT2D eigenvalue weighted by molar-refractivity contribution is 6.05. The first-order valence-corrected chi connectivity index (χ1v) is 5.94. The first-order valence-electron chi connectivity index (χ1n) is 5.94. The highest BCUT2D eigenvalue weighted by Crippen LogP contribution is 2.10. The number of carbonyl (C=O) groups is 3. The van der Waals surface area contributed by atoms with Gasteiger partial charge in [0.05, 0.1) is 12.5 Å². The fourth-order valence-electron chi connectivity index (χ4n) is 2.31. The summed E-state index contributed by atoms with van der Waals surface area (Å²) in [6.45, 7) is 3.30.